The quantitative estimate of drug-likeness (QED) is 0.612. The first-order valence-corrected chi connectivity index (χ1v) is 7.25. The second-order valence-electron chi connectivity index (χ2n) is 5.48. The van der Waals surface area contributed by atoms with Gasteiger partial charge < -0.3 is 15.1 Å². The van der Waals surface area contributed by atoms with E-state index in [1.807, 2.05) is 6.07 Å². The molecule has 3 N–H and O–H groups in total. The van der Waals surface area contributed by atoms with Crippen LogP contribution in [0.25, 0.3) is 0 Å². The summed E-state index contributed by atoms with van der Waals surface area (Å²) in [5, 5.41) is 0. The van der Waals surface area contributed by atoms with Gasteiger partial charge in [-0.3, -0.25) is 0 Å². The van der Waals surface area contributed by atoms with Crippen LogP contribution in [0.1, 0.15) is 38.9 Å². The lowest BCUT2D eigenvalue weighted by molar-refractivity contribution is 0.178. The average Bonchev–Trinajstić information content (AvgIpc) is 2.92. The predicted octanol–water partition coefficient (Wildman–Crippen LogP) is 1.93. The Morgan fingerprint density at radius 3 is 2.70 bits per heavy atom. The summed E-state index contributed by atoms with van der Waals surface area (Å²) < 4.78 is 5.12. The molecule has 0 amide bonds. The molecule has 2 rings (SSSR count). The Kier molecular flexibility index (Phi) is 4.77. The highest BCUT2D eigenvalue weighted by Gasteiger charge is 2.35. The Bertz CT molecular complexity index is 447. The van der Waals surface area contributed by atoms with Gasteiger partial charge in [-0.15, -0.1) is 0 Å². The van der Waals surface area contributed by atoms with Gasteiger partial charge in [0.1, 0.15) is 18.2 Å². The number of hydrogen-bond donors (Lipinski definition) is 2. The minimum atomic E-state index is 0.392. The number of nitrogens with one attached hydrogen (secondary N) is 1. The third-order valence-electron chi connectivity index (χ3n) is 4.44. The summed E-state index contributed by atoms with van der Waals surface area (Å²) in [7, 11) is 1.64. The van der Waals surface area contributed by atoms with Crippen molar-refractivity contribution in [3.63, 3.8) is 0 Å². The van der Waals surface area contributed by atoms with Crippen molar-refractivity contribution in [1.82, 2.24) is 9.97 Å². The second-order valence-corrected chi connectivity index (χ2v) is 5.48. The van der Waals surface area contributed by atoms with Crippen molar-refractivity contribution < 1.29 is 4.74 Å². The summed E-state index contributed by atoms with van der Waals surface area (Å²) >= 11 is 0. The van der Waals surface area contributed by atoms with Crippen molar-refractivity contribution in [3.05, 3.63) is 11.9 Å². The van der Waals surface area contributed by atoms with E-state index < -0.39 is 0 Å². The van der Waals surface area contributed by atoms with E-state index in [1.165, 1.54) is 19.3 Å². The molecule has 2 heterocycles. The molecule has 0 aliphatic carbocycles. The van der Waals surface area contributed by atoms with Crippen molar-refractivity contribution >= 4 is 11.6 Å². The van der Waals surface area contributed by atoms with Gasteiger partial charge in [-0.05, 0) is 24.7 Å². The molecule has 1 saturated heterocycles. The van der Waals surface area contributed by atoms with Crippen molar-refractivity contribution in [2.75, 3.05) is 30.5 Å². The maximum Gasteiger partial charge on any atom is 0.158 e. The van der Waals surface area contributed by atoms with Gasteiger partial charge in [0, 0.05) is 26.3 Å². The van der Waals surface area contributed by atoms with E-state index in [1.54, 1.807) is 7.11 Å². The number of nitrogens with zero attached hydrogens (tertiary/aromatic N) is 3. The van der Waals surface area contributed by atoms with E-state index in [9.17, 15) is 0 Å². The van der Waals surface area contributed by atoms with Crippen LogP contribution in [0.15, 0.2) is 6.07 Å². The van der Waals surface area contributed by atoms with Crippen LogP contribution in [-0.2, 0) is 11.3 Å². The molecule has 0 radical (unpaired) electrons. The minimum absolute atomic E-state index is 0.392. The second kappa shape index (κ2) is 6.37. The van der Waals surface area contributed by atoms with Gasteiger partial charge in [-0.25, -0.2) is 15.8 Å². The molecule has 1 aromatic heterocycles. The first-order valence-electron chi connectivity index (χ1n) is 7.25. The topological polar surface area (TPSA) is 76.3 Å². The number of rotatable bonds is 6. The first-order chi connectivity index (χ1) is 9.66. The zero-order valence-corrected chi connectivity index (χ0v) is 12.6. The van der Waals surface area contributed by atoms with E-state index in [0.29, 0.717) is 23.7 Å². The zero-order chi connectivity index (χ0) is 14.6. The van der Waals surface area contributed by atoms with E-state index in [2.05, 4.69) is 34.1 Å². The van der Waals surface area contributed by atoms with Crippen LogP contribution < -0.4 is 16.2 Å². The van der Waals surface area contributed by atoms with E-state index in [-0.39, 0.29) is 0 Å². The van der Waals surface area contributed by atoms with Gasteiger partial charge in [-0.1, -0.05) is 13.8 Å². The number of hydrogen-bond acceptors (Lipinski definition) is 6. The molecule has 1 fully saturated rings. The maximum absolute atomic E-state index is 5.49. The molecule has 0 saturated carbocycles. The lowest BCUT2D eigenvalue weighted by Gasteiger charge is -2.27. The summed E-state index contributed by atoms with van der Waals surface area (Å²) in [5.74, 6) is 7.71. The van der Waals surface area contributed by atoms with Gasteiger partial charge in [-0.2, -0.15) is 0 Å². The fourth-order valence-electron chi connectivity index (χ4n) is 2.87. The molecule has 6 nitrogen and oxygen atoms in total. The molecule has 0 atom stereocenters. The van der Waals surface area contributed by atoms with Gasteiger partial charge >= 0.3 is 0 Å². The number of aromatic nitrogens is 2. The summed E-state index contributed by atoms with van der Waals surface area (Å²) in [4.78, 5) is 11.2. The minimum Gasteiger partial charge on any atom is -0.377 e. The lowest BCUT2D eigenvalue weighted by Crippen LogP contribution is -2.27. The van der Waals surface area contributed by atoms with Crippen LogP contribution in [0.2, 0.25) is 0 Å². The van der Waals surface area contributed by atoms with E-state index in [0.717, 1.165) is 18.9 Å². The highest BCUT2D eigenvalue weighted by Crippen LogP contribution is 2.38. The number of ether oxygens (including phenoxy) is 1. The molecule has 0 unspecified atom stereocenters. The van der Waals surface area contributed by atoms with Gasteiger partial charge in [0.15, 0.2) is 5.82 Å². The molecule has 1 aliphatic heterocycles. The smallest absolute Gasteiger partial charge is 0.158 e. The summed E-state index contributed by atoms with van der Waals surface area (Å²) in [6, 6.07) is 1.90. The highest BCUT2D eigenvalue weighted by molar-refractivity contribution is 5.49. The van der Waals surface area contributed by atoms with E-state index >= 15 is 0 Å². The van der Waals surface area contributed by atoms with Crippen LogP contribution in [0.3, 0.4) is 0 Å². The number of anilines is 2. The normalized spacial score (nSPS) is 17.5. The molecule has 0 spiro atoms. The Balaban J connectivity index is 2.22. The fourth-order valence-corrected chi connectivity index (χ4v) is 2.87. The fraction of sp³-hybridized carbons (Fsp3) is 0.714. The lowest BCUT2D eigenvalue weighted by atomic mass is 9.82. The van der Waals surface area contributed by atoms with E-state index in [4.69, 9.17) is 10.6 Å². The average molecular weight is 279 g/mol. The van der Waals surface area contributed by atoms with Crippen LogP contribution in [0, 0.1) is 5.41 Å². The highest BCUT2D eigenvalue weighted by atomic mass is 16.5. The van der Waals surface area contributed by atoms with Gasteiger partial charge in [0.25, 0.3) is 0 Å². The third-order valence-corrected chi connectivity index (χ3v) is 4.44. The standard InChI is InChI=1S/C14H25N5O/c1-4-14(5-2)6-7-19(10-14)13-8-11(18-15)16-12(17-13)9-20-3/h8H,4-7,9-10,15H2,1-3H3,(H,16,17,18). The SMILES string of the molecule is CCC1(CC)CCN(c2cc(NN)nc(COC)n2)C1. The monoisotopic (exact) mass is 279 g/mol. The van der Waals surface area contributed by atoms with Crippen LogP contribution in [0.5, 0.6) is 0 Å². The van der Waals surface area contributed by atoms with Crippen molar-refractivity contribution in [3.8, 4) is 0 Å². The van der Waals surface area contributed by atoms with Crippen LogP contribution in [0.4, 0.5) is 11.6 Å². The molecular weight excluding hydrogens is 254 g/mol. The van der Waals surface area contributed by atoms with Crippen molar-refractivity contribution in [2.24, 2.45) is 11.3 Å². The van der Waals surface area contributed by atoms with Crippen LogP contribution in [-0.4, -0.2) is 30.2 Å². The Hall–Kier alpha value is -1.40. The molecule has 0 aromatic carbocycles. The number of nitrogens with two attached hydrogens (primary N) is 1. The predicted molar refractivity (Wildman–Crippen MR) is 80.4 cm³/mol. The Morgan fingerprint density at radius 1 is 1.40 bits per heavy atom. The summed E-state index contributed by atoms with van der Waals surface area (Å²) in [6.45, 7) is 7.03. The molecule has 0 bridgehead atoms. The zero-order valence-electron chi connectivity index (χ0n) is 12.6. The Labute approximate surface area is 120 Å². The molecular formula is C14H25N5O. The molecule has 20 heavy (non-hydrogen) atoms. The number of methoxy groups -OCH3 is 1. The summed E-state index contributed by atoms with van der Waals surface area (Å²) in [6.07, 6.45) is 3.63. The molecule has 112 valence electrons. The Morgan fingerprint density at radius 2 is 2.15 bits per heavy atom. The molecule has 1 aromatic rings. The largest absolute Gasteiger partial charge is 0.377 e. The van der Waals surface area contributed by atoms with Crippen molar-refractivity contribution in [2.45, 2.75) is 39.7 Å². The molecule has 1 aliphatic rings. The van der Waals surface area contributed by atoms with Gasteiger partial charge in [0.2, 0.25) is 0 Å². The third kappa shape index (κ3) is 3.02. The van der Waals surface area contributed by atoms with Crippen molar-refractivity contribution in [1.29, 1.82) is 0 Å². The number of hydrazine groups is 1. The first kappa shape index (κ1) is 15.0. The summed E-state index contributed by atoms with van der Waals surface area (Å²) in [5.41, 5.74) is 3.02. The maximum atomic E-state index is 5.49. The number of nitrogen functional groups attached to an aromatic ring is 1. The molecule has 6 heteroatoms. The van der Waals surface area contributed by atoms with Crippen LogP contribution >= 0.6 is 0 Å². The van der Waals surface area contributed by atoms with Gasteiger partial charge in [0.05, 0.1) is 0 Å².